The minimum absolute atomic E-state index is 0.000370. The number of hydrogen-bond donors (Lipinski definition) is 0. The average Bonchev–Trinajstić information content (AvgIpc) is 2.80. The zero-order valence-corrected chi connectivity index (χ0v) is 16.0. The zero-order chi connectivity index (χ0) is 20.1. The van der Waals surface area contributed by atoms with E-state index in [9.17, 15) is 4.79 Å². The molecule has 0 saturated carbocycles. The van der Waals surface area contributed by atoms with Gasteiger partial charge in [-0.3, -0.25) is 4.79 Å². The number of benzene rings is 4. The van der Waals surface area contributed by atoms with Crippen LogP contribution in [-0.4, -0.2) is 15.8 Å². The monoisotopic (exact) mass is 384 g/mol. The first-order valence-electron chi connectivity index (χ1n) is 9.91. The van der Waals surface area contributed by atoms with Crippen molar-refractivity contribution in [1.29, 1.82) is 0 Å². The molecule has 6 aromatic rings. The molecular weight excluding hydrogens is 368 g/mol. The summed E-state index contributed by atoms with van der Waals surface area (Å²) >= 11 is 0. The zero-order valence-electron chi connectivity index (χ0n) is 16.0. The predicted octanol–water partition coefficient (Wildman–Crippen LogP) is 6.32. The normalized spacial score (nSPS) is 11.5. The van der Waals surface area contributed by atoms with Crippen molar-refractivity contribution in [3.63, 3.8) is 0 Å². The Hall–Kier alpha value is -4.11. The average molecular weight is 384 g/mol. The van der Waals surface area contributed by atoms with Gasteiger partial charge in [0.25, 0.3) is 0 Å². The van der Waals surface area contributed by atoms with Crippen molar-refractivity contribution in [3.05, 3.63) is 108 Å². The van der Waals surface area contributed by atoms with Gasteiger partial charge in [-0.25, -0.2) is 9.97 Å². The predicted molar refractivity (Wildman–Crippen MR) is 122 cm³/mol. The minimum atomic E-state index is -0.000370. The molecule has 2 heterocycles. The van der Waals surface area contributed by atoms with Gasteiger partial charge in [-0.05, 0) is 24.3 Å². The van der Waals surface area contributed by atoms with Gasteiger partial charge in [0.05, 0.1) is 22.1 Å². The minimum Gasteiger partial charge on any atom is -0.289 e. The first-order chi connectivity index (χ1) is 14.8. The molecule has 0 aliphatic rings. The van der Waals surface area contributed by atoms with E-state index >= 15 is 0 Å². The molecule has 0 fully saturated rings. The molecule has 6 rings (SSSR count). The van der Waals surface area contributed by atoms with E-state index in [0.717, 1.165) is 43.6 Å². The fourth-order valence-corrected chi connectivity index (χ4v) is 4.29. The number of fused-ring (bicyclic) bond motifs is 4. The molecule has 0 saturated heterocycles. The van der Waals surface area contributed by atoms with Gasteiger partial charge >= 0.3 is 0 Å². The molecule has 0 amide bonds. The lowest BCUT2D eigenvalue weighted by molar-refractivity contribution is 0.104. The number of carbonyl (C=O) groups excluding carboxylic acids is 1. The number of carbonyl (C=O) groups is 1. The first-order valence-corrected chi connectivity index (χ1v) is 9.91. The van der Waals surface area contributed by atoms with Gasteiger partial charge in [-0.2, -0.15) is 0 Å². The Kier molecular flexibility index (Phi) is 3.62. The second kappa shape index (κ2) is 6.46. The Balaban J connectivity index is 1.79. The van der Waals surface area contributed by atoms with E-state index in [1.54, 1.807) is 0 Å². The number of hydrogen-bond acceptors (Lipinski definition) is 3. The summed E-state index contributed by atoms with van der Waals surface area (Å²) < 4.78 is 0. The highest BCUT2D eigenvalue weighted by atomic mass is 16.1. The van der Waals surface area contributed by atoms with Gasteiger partial charge in [0, 0.05) is 32.7 Å². The molecule has 30 heavy (non-hydrogen) atoms. The summed E-state index contributed by atoms with van der Waals surface area (Å²) in [6, 6.07) is 31.4. The summed E-state index contributed by atoms with van der Waals surface area (Å²) in [6.07, 6.45) is 0. The number of aromatic nitrogens is 2. The lowest BCUT2D eigenvalue weighted by Gasteiger charge is -2.14. The maximum atomic E-state index is 14.2. The quantitative estimate of drug-likeness (QED) is 0.259. The maximum Gasteiger partial charge on any atom is 0.195 e. The first kappa shape index (κ1) is 16.8. The van der Waals surface area contributed by atoms with E-state index in [2.05, 4.69) is 0 Å². The van der Waals surface area contributed by atoms with Crippen LogP contribution >= 0.6 is 0 Å². The summed E-state index contributed by atoms with van der Waals surface area (Å²) in [5.41, 5.74) is 4.67. The van der Waals surface area contributed by atoms with Crippen LogP contribution in [0.25, 0.3) is 43.6 Å². The lowest BCUT2D eigenvalue weighted by atomic mass is 9.91. The molecule has 0 N–H and O–H groups in total. The molecule has 0 atom stereocenters. The Labute approximate surface area is 172 Å². The highest BCUT2D eigenvalue weighted by Gasteiger charge is 2.22. The van der Waals surface area contributed by atoms with Crippen LogP contribution in [0.4, 0.5) is 0 Å². The number of nitrogens with zero attached hydrogens (tertiary/aromatic N) is 2. The van der Waals surface area contributed by atoms with E-state index in [-0.39, 0.29) is 5.78 Å². The maximum absolute atomic E-state index is 14.2. The van der Waals surface area contributed by atoms with Gasteiger partial charge in [0.15, 0.2) is 5.78 Å². The summed E-state index contributed by atoms with van der Waals surface area (Å²) in [5, 5.41) is 3.47. The molecule has 0 radical (unpaired) electrons. The van der Waals surface area contributed by atoms with Gasteiger partial charge in [-0.1, -0.05) is 72.8 Å². The Morgan fingerprint density at radius 1 is 0.433 bits per heavy atom. The van der Waals surface area contributed by atoms with E-state index in [1.165, 1.54) is 0 Å². The molecule has 0 aliphatic heterocycles. The highest BCUT2D eigenvalue weighted by molar-refractivity contribution is 6.30. The summed E-state index contributed by atoms with van der Waals surface area (Å²) in [7, 11) is 0. The number of para-hydroxylation sites is 4. The molecular formula is C27H16N2O. The topological polar surface area (TPSA) is 42.9 Å². The smallest absolute Gasteiger partial charge is 0.195 e. The van der Waals surface area contributed by atoms with Crippen LogP contribution in [0.3, 0.4) is 0 Å². The molecule has 0 spiro atoms. The largest absolute Gasteiger partial charge is 0.289 e. The summed E-state index contributed by atoms with van der Waals surface area (Å²) in [5.74, 6) is -0.000370. The fourth-order valence-electron chi connectivity index (χ4n) is 4.29. The Morgan fingerprint density at radius 2 is 0.700 bits per heavy atom. The summed E-state index contributed by atoms with van der Waals surface area (Å²) in [6.45, 7) is 0. The van der Waals surface area contributed by atoms with Gasteiger partial charge in [0.1, 0.15) is 0 Å². The van der Waals surface area contributed by atoms with Crippen molar-refractivity contribution in [2.24, 2.45) is 0 Å². The SMILES string of the molecule is O=C(c1c2ccccc2nc2ccccc12)c1c2ccccc2nc2ccccc12. The van der Waals surface area contributed by atoms with Crippen molar-refractivity contribution in [1.82, 2.24) is 9.97 Å². The molecule has 140 valence electrons. The molecule has 0 unspecified atom stereocenters. The van der Waals surface area contributed by atoms with Crippen molar-refractivity contribution < 1.29 is 4.79 Å². The standard InChI is InChI=1S/C27H16N2O/c30-27(25-17-9-1-5-13-21(17)28-22-14-6-2-10-18(22)25)26-19-11-3-7-15-23(19)29-24-16-8-4-12-20(24)26/h1-16H. The van der Waals surface area contributed by atoms with Crippen LogP contribution in [0.2, 0.25) is 0 Å². The van der Waals surface area contributed by atoms with Crippen molar-refractivity contribution >= 4 is 49.4 Å². The van der Waals surface area contributed by atoms with E-state index in [1.807, 2.05) is 97.1 Å². The van der Waals surface area contributed by atoms with Crippen molar-refractivity contribution in [3.8, 4) is 0 Å². The second-order valence-electron chi connectivity index (χ2n) is 7.37. The molecule has 0 bridgehead atoms. The third-order valence-electron chi connectivity index (χ3n) is 5.63. The summed E-state index contributed by atoms with van der Waals surface area (Å²) in [4.78, 5) is 23.8. The van der Waals surface area contributed by atoms with Crippen LogP contribution < -0.4 is 0 Å². The van der Waals surface area contributed by atoms with Gasteiger partial charge in [-0.15, -0.1) is 0 Å². The van der Waals surface area contributed by atoms with Crippen LogP contribution in [0.1, 0.15) is 15.9 Å². The van der Waals surface area contributed by atoms with Crippen LogP contribution in [0.15, 0.2) is 97.1 Å². The van der Waals surface area contributed by atoms with E-state index < -0.39 is 0 Å². The van der Waals surface area contributed by atoms with Gasteiger partial charge < -0.3 is 0 Å². The molecule has 3 heteroatoms. The fraction of sp³-hybridized carbons (Fsp3) is 0. The Bertz CT molecular complexity index is 1390. The second-order valence-corrected chi connectivity index (χ2v) is 7.37. The number of rotatable bonds is 2. The molecule has 2 aromatic heterocycles. The number of ketones is 1. The third-order valence-corrected chi connectivity index (χ3v) is 5.63. The van der Waals surface area contributed by atoms with Crippen LogP contribution in [0, 0.1) is 0 Å². The van der Waals surface area contributed by atoms with E-state index in [0.29, 0.717) is 11.1 Å². The molecule has 0 aliphatic carbocycles. The third kappa shape index (κ3) is 2.42. The van der Waals surface area contributed by atoms with Crippen LogP contribution in [0.5, 0.6) is 0 Å². The van der Waals surface area contributed by atoms with E-state index in [4.69, 9.17) is 9.97 Å². The van der Waals surface area contributed by atoms with Crippen LogP contribution in [-0.2, 0) is 0 Å². The number of pyridine rings is 2. The highest BCUT2D eigenvalue weighted by Crippen LogP contribution is 2.33. The Morgan fingerprint density at radius 3 is 1.00 bits per heavy atom. The molecule has 4 aromatic carbocycles. The lowest BCUT2D eigenvalue weighted by Crippen LogP contribution is -2.07. The van der Waals surface area contributed by atoms with Crippen molar-refractivity contribution in [2.75, 3.05) is 0 Å². The van der Waals surface area contributed by atoms with Crippen molar-refractivity contribution in [2.45, 2.75) is 0 Å². The molecule has 3 nitrogen and oxygen atoms in total. The van der Waals surface area contributed by atoms with Gasteiger partial charge in [0.2, 0.25) is 0 Å².